The van der Waals surface area contributed by atoms with Crippen LogP contribution in [0.25, 0.3) is 21.3 Å². The molecule has 0 N–H and O–H groups in total. The normalized spacial score (nSPS) is 14.8. The Kier molecular flexibility index (Phi) is 6.81. The number of amides is 1. The van der Waals surface area contributed by atoms with Crippen molar-refractivity contribution in [2.75, 3.05) is 13.1 Å². The summed E-state index contributed by atoms with van der Waals surface area (Å²) >= 11 is 1.81. The van der Waals surface area contributed by atoms with Gasteiger partial charge < -0.3 is 14.2 Å². The number of aryl methyl sites for hydroxylation is 2. The van der Waals surface area contributed by atoms with Crippen molar-refractivity contribution in [2.24, 2.45) is 5.92 Å². The largest absolute Gasteiger partial charge is 0.445 e. The molecule has 5 rings (SSSR count). The summed E-state index contributed by atoms with van der Waals surface area (Å²) in [7, 11) is 0. The minimum atomic E-state index is -0.208. The molecule has 0 aliphatic carbocycles. The molecule has 34 heavy (non-hydrogen) atoms. The summed E-state index contributed by atoms with van der Waals surface area (Å²) in [6, 6.07) is 12.0. The van der Waals surface area contributed by atoms with Crippen molar-refractivity contribution in [1.82, 2.24) is 19.4 Å². The van der Waals surface area contributed by atoms with E-state index in [0.717, 1.165) is 68.3 Å². The monoisotopic (exact) mass is 476 g/mol. The maximum Gasteiger partial charge on any atom is 0.410 e. The maximum atomic E-state index is 12.6. The van der Waals surface area contributed by atoms with E-state index in [2.05, 4.69) is 29.5 Å². The first kappa shape index (κ1) is 22.8. The van der Waals surface area contributed by atoms with Crippen molar-refractivity contribution in [3.05, 3.63) is 58.9 Å². The second kappa shape index (κ2) is 10.1. The highest BCUT2D eigenvalue weighted by Crippen LogP contribution is 2.33. The van der Waals surface area contributed by atoms with E-state index in [0.29, 0.717) is 12.5 Å². The van der Waals surface area contributed by atoms with Gasteiger partial charge in [0.15, 0.2) is 0 Å². The lowest BCUT2D eigenvalue weighted by Gasteiger charge is -2.32. The number of fused-ring (bicyclic) bond motifs is 3. The number of rotatable bonds is 7. The molecule has 1 amide bonds. The van der Waals surface area contributed by atoms with Gasteiger partial charge in [0, 0.05) is 30.9 Å². The average molecular weight is 477 g/mol. The standard InChI is InChI=1S/C27H32N4O2S/c1-3-4-10-24-29-23-16-28-22-15-19(2)34-26(22)25(23)31(24)17-20-11-13-30(14-12-20)27(32)33-18-21-8-6-5-7-9-21/h5-9,15-16,20H,3-4,10-14,17-18H2,1-2H3. The Bertz CT molecular complexity index is 1270. The molecule has 0 radical (unpaired) electrons. The summed E-state index contributed by atoms with van der Waals surface area (Å²) in [4.78, 5) is 25.4. The molecule has 0 unspecified atom stereocenters. The van der Waals surface area contributed by atoms with Crippen LogP contribution in [-0.4, -0.2) is 38.6 Å². The van der Waals surface area contributed by atoms with Crippen molar-refractivity contribution in [2.45, 2.75) is 59.1 Å². The number of piperidine rings is 1. The molecular formula is C27H32N4O2S. The van der Waals surface area contributed by atoms with Gasteiger partial charge in [-0.25, -0.2) is 9.78 Å². The molecule has 1 saturated heterocycles. The fourth-order valence-electron chi connectivity index (χ4n) is 4.83. The fraction of sp³-hybridized carbons (Fsp3) is 0.444. The van der Waals surface area contributed by atoms with Gasteiger partial charge in [-0.05, 0) is 43.7 Å². The van der Waals surface area contributed by atoms with E-state index in [4.69, 9.17) is 9.72 Å². The first-order valence-corrected chi connectivity index (χ1v) is 13.1. The number of carbonyl (C=O) groups excluding carboxylic acids is 1. The Labute approximate surface area is 204 Å². The molecule has 7 heteroatoms. The highest BCUT2D eigenvalue weighted by Gasteiger charge is 2.26. The summed E-state index contributed by atoms with van der Waals surface area (Å²) in [5, 5.41) is 0. The molecule has 0 spiro atoms. The van der Waals surface area contributed by atoms with E-state index in [9.17, 15) is 4.79 Å². The van der Waals surface area contributed by atoms with Crippen LogP contribution in [0, 0.1) is 12.8 Å². The summed E-state index contributed by atoms with van der Waals surface area (Å²) in [5.41, 5.74) is 4.32. The summed E-state index contributed by atoms with van der Waals surface area (Å²) < 4.78 is 9.25. The molecule has 4 heterocycles. The Balaban J connectivity index is 1.29. The molecule has 6 nitrogen and oxygen atoms in total. The van der Waals surface area contributed by atoms with Crippen LogP contribution in [0.4, 0.5) is 4.79 Å². The number of aromatic nitrogens is 3. The minimum absolute atomic E-state index is 0.208. The van der Waals surface area contributed by atoms with Crippen molar-refractivity contribution >= 4 is 38.7 Å². The highest BCUT2D eigenvalue weighted by atomic mass is 32.1. The number of unbranched alkanes of at least 4 members (excludes halogenated alkanes) is 1. The number of pyridine rings is 1. The van der Waals surface area contributed by atoms with Crippen LogP contribution in [0.5, 0.6) is 0 Å². The number of imidazole rings is 1. The van der Waals surface area contributed by atoms with Crippen molar-refractivity contribution in [1.29, 1.82) is 0 Å². The van der Waals surface area contributed by atoms with Crippen LogP contribution in [0.1, 0.15) is 48.9 Å². The Hall–Kier alpha value is -2.93. The summed E-state index contributed by atoms with van der Waals surface area (Å²) in [6.45, 7) is 7.12. The fourth-order valence-corrected chi connectivity index (χ4v) is 5.86. The third-order valence-electron chi connectivity index (χ3n) is 6.72. The number of thiophene rings is 1. The second-order valence-corrected chi connectivity index (χ2v) is 10.5. The smallest absolute Gasteiger partial charge is 0.410 e. The average Bonchev–Trinajstić information content (AvgIpc) is 3.41. The van der Waals surface area contributed by atoms with Crippen LogP contribution in [-0.2, 0) is 24.3 Å². The van der Waals surface area contributed by atoms with Gasteiger partial charge >= 0.3 is 6.09 Å². The second-order valence-electron chi connectivity index (χ2n) is 9.28. The molecule has 1 aliphatic heterocycles. The van der Waals surface area contributed by atoms with Gasteiger partial charge in [-0.1, -0.05) is 43.7 Å². The van der Waals surface area contributed by atoms with Gasteiger partial charge in [-0.15, -0.1) is 11.3 Å². The first-order valence-electron chi connectivity index (χ1n) is 12.3. The number of benzene rings is 1. The number of carbonyl (C=O) groups is 1. The number of nitrogens with zero attached hydrogens (tertiary/aromatic N) is 4. The quantitative estimate of drug-likeness (QED) is 0.312. The third kappa shape index (κ3) is 4.80. The summed E-state index contributed by atoms with van der Waals surface area (Å²) in [5.74, 6) is 1.68. The third-order valence-corrected chi connectivity index (χ3v) is 7.77. The Morgan fingerprint density at radius 1 is 1.18 bits per heavy atom. The zero-order valence-electron chi connectivity index (χ0n) is 20.0. The molecule has 1 aromatic carbocycles. The van der Waals surface area contributed by atoms with Crippen molar-refractivity contribution in [3.63, 3.8) is 0 Å². The number of ether oxygens (including phenoxy) is 1. The molecule has 3 aromatic heterocycles. The molecule has 0 atom stereocenters. The van der Waals surface area contributed by atoms with E-state index in [1.54, 1.807) is 0 Å². The first-order chi connectivity index (χ1) is 16.6. The molecule has 0 bridgehead atoms. The number of hydrogen-bond acceptors (Lipinski definition) is 5. The number of hydrogen-bond donors (Lipinski definition) is 0. The van der Waals surface area contributed by atoms with E-state index < -0.39 is 0 Å². The SMILES string of the molecule is CCCCc1nc2cnc3cc(C)sc3c2n1CC1CCN(C(=O)OCc2ccccc2)CC1. The lowest BCUT2D eigenvalue weighted by molar-refractivity contribution is 0.0807. The van der Waals surface area contributed by atoms with Crippen LogP contribution >= 0.6 is 11.3 Å². The predicted octanol–water partition coefficient (Wildman–Crippen LogP) is 6.35. The molecule has 1 aliphatic rings. The van der Waals surface area contributed by atoms with Crippen LogP contribution < -0.4 is 0 Å². The van der Waals surface area contributed by atoms with Gasteiger partial charge in [-0.2, -0.15) is 0 Å². The van der Waals surface area contributed by atoms with E-state index >= 15 is 0 Å². The van der Waals surface area contributed by atoms with Crippen LogP contribution in [0.2, 0.25) is 0 Å². The predicted molar refractivity (Wildman–Crippen MR) is 137 cm³/mol. The maximum absolute atomic E-state index is 12.6. The minimum Gasteiger partial charge on any atom is -0.445 e. The van der Waals surface area contributed by atoms with Gasteiger partial charge in [0.1, 0.15) is 17.9 Å². The molecule has 1 fully saturated rings. The Morgan fingerprint density at radius 2 is 1.97 bits per heavy atom. The van der Waals surface area contributed by atoms with Crippen molar-refractivity contribution < 1.29 is 9.53 Å². The number of likely N-dealkylation sites (tertiary alicyclic amines) is 1. The molecular weight excluding hydrogens is 444 g/mol. The van der Waals surface area contributed by atoms with E-state index in [1.165, 1.54) is 20.9 Å². The molecule has 0 saturated carbocycles. The van der Waals surface area contributed by atoms with Crippen LogP contribution in [0.3, 0.4) is 0 Å². The highest BCUT2D eigenvalue weighted by molar-refractivity contribution is 7.19. The Morgan fingerprint density at radius 3 is 2.74 bits per heavy atom. The molecule has 4 aromatic rings. The molecule has 178 valence electrons. The lowest BCUT2D eigenvalue weighted by atomic mass is 9.96. The zero-order valence-corrected chi connectivity index (χ0v) is 20.8. The van der Waals surface area contributed by atoms with Gasteiger partial charge in [0.2, 0.25) is 0 Å². The topological polar surface area (TPSA) is 60.2 Å². The summed E-state index contributed by atoms with van der Waals surface area (Å²) in [6.07, 6.45) is 6.95. The van der Waals surface area contributed by atoms with Gasteiger partial charge in [-0.3, -0.25) is 4.98 Å². The lowest BCUT2D eigenvalue weighted by Crippen LogP contribution is -2.39. The van der Waals surface area contributed by atoms with E-state index in [-0.39, 0.29) is 6.09 Å². The zero-order chi connectivity index (χ0) is 23.5. The van der Waals surface area contributed by atoms with Crippen LogP contribution in [0.15, 0.2) is 42.6 Å². The van der Waals surface area contributed by atoms with Crippen molar-refractivity contribution in [3.8, 4) is 0 Å². The van der Waals surface area contributed by atoms with Gasteiger partial charge in [0.25, 0.3) is 0 Å². The van der Waals surface area contributed by atoms with Gasteiger partial charge in [0.05, 0.1) is 21.9 Å². The van der Waals surface area contributed by atoms with E-state index in [1.807, 2.05) is 52.8 Å².